The number of phosphoric ester groups is 3. The lowest BCUT2D eigenvalue weighted by Crippen LogP contribution is -2.24. The van der Waals surface area contributed by atoms with Gasteiger partial charge in [0.15, 0.2) is 0 Å². The Balaban J connectivity index is 4.35. The first-order valence-corrected chi connectivity index (χ1v) is 21.1. The second-order valence-electron chi connectivity index (χ2n) is 11.0. The van der Waals surface area contributed by atoms with Crippen molar-refractivity contribution in [2.24, 2.45) is 0 Å². The van der Waals surface area contributed by atoms with E-state index in [2.05, 4.69) is 29.0 Å². The van der Waals surface area contributed by atoms with Gasteiger partial charge in [-0.3, -0.25) is 36.7 Å². The van der Waals surface area contributed by atoms with Gasteiger partial charge in [-0.15, -0.1) is 0 Å². The topological polar surface area (TPSA) is 225 Å². The summed E-state index contributed by atoms with van der Waals surface area (Å²) in [5, 5.41) is 5.72. The monoisotopic (exact) mass is 740 g/mol. The zero-order valence-electron chi connectivity index (χ0n) is 28.3. The molecule has 0 saturated carbocycles. The number of unbranched alkanes of at least 4 members (excludes halogenated alkanes) is 10. The molecule has 0 aliphatic carbocycles. The summed E-state index contributed by atoms with van der Waals surface area (Å²) in [5.41, 5.74) is 0. The van der Waals surface area contributed by atoms with Gasteiger partial charge < -0.3 is 25.3 Å². The normalized spacial score (nSPS) is 16.1. The van der Waals surface area contributed by atoms with Crippen LogP contribution in [0.3, 0.4) is 0 Å². The molecule has 0 radical (unpaired) electrons. The third-order valence-corrected chi connectivity index (χ3v) is 9.66. The van der Waals surface area contributed by atoms with Gasteiger partial charge in [0.05, 0.1) is 26.4 Å². The molecule has 280 valence electrons. The SMILES string of the molecule is CCCCCC(=O)NCCCCCCOP(=O)(O)OCC(COP(=O)(O)OCCCCCCNC(=O)CCCCC)OP(=O)(O)OC. The molecular formula is C28H59N2O14P3. The summed E-state index contributed by atoms with van der Waals surface area (Å²) in [6, 6.07) is 0. The Hall–Kier alpha value is -0.730. The van der Waals surface area contributed by atoms with Gasteiger partial charge in [0, 0.05) is 33.0 Å². The lowest BCUT2D eigenvalue weighted by atomic mass is 10.2. The number of hydrogen-bond donors (Lipinski definition) is 5. The van der Waals surface area contributed by atoms with Gasteiger partial charge in [0.1, 0.15) is 6.10 Å². The van der Waals surface area contributed by atoms with E-state index in [1.165, 1.54) is 0 Å². The van der Waals surface area contributed by atoms with Crippen molar-refractivity contribution in [2.45, 2.75) is 123 Å². The predicted octanol–water partition coefficient (Wildman–Crippen LogP) is 5.90. The Morgan fingerprint density at radius 3 is 1.36 bits per heavy atom. The van der Waals surface area contributed by atoms with Crippen LogP contribution in [0.2, 0.25) is 0 Å². The van der Waals surface area contributed by atoms with E-state index < -0.39 is 42.8 Å². The van der Waals surface area contributed by atoms with Crippen LogP contribution >= 0.6 is 23.5 Å². The summed E-state index contributed by atoms with van der Waals surface area (Å²) in [4.78, 5) is 53.0. The highest BCUT2D eigenvalue weighted by molar-refractivity contribution is 7.48. The summed E-state index contributed by atoms with van der Waals surface area (Å²) >= 11 is 0. The number of amides is 2. The van der Waals surface area contributed by atoms with E-state index in [1.807, 2.05) is 0 Å². The molecule has 0 aromatic rings. The lowest BCUT2D eigenvalue weighted by molar-refractivity contribution is -0.122. The van der Waals surface area contributed by atoms with Crippen molar-refractivity contribution in [2.75, 3.05) is 46.6 Å². The molecule has 0 bridgehead atoms. The highest BCUT2D eigenvalue weighted by Crippen LogP contribution is 2.48. The number of hydrogen-bond acceptors (Lipinski definition) is 11. The fraction of sp³-hybridized carbons (Fsp3) is 0.929. The fourth-order valence-corrected chi connectivity index (χ4v) is 6.16. The summed E-state index contributed by atoms with van der Waals surface area (Å²) in [5.74, 6) is 0.0632. The smallest absolute Gasteiger partial charge is 0.356 e. The van der Waals surface area contributed by atoms with Gasteiger partial charge in [-0.1, -0.05) is 65.2 Å². The minimum Gasteiger partial charge on any atom is -0.356 e. The van der Waals surface area contributed by atoms with Crippen LogP contribution in [0.15, 0.2) is 0 Å². The molecule has 16 nitrogen and oxygen atoms in total. The second-order valence-corrected chi connectivity index (χ2v) is 15.4. The van der Waals surface area contributed by atoms with Crippen LogP contribution in [-0.4, -0.2) is 79.2 Å². The molecule has 0 aromatic carbocycles. The minimum atomic E-state index is -4.64. The number of nitrogens with one attached hydrogen (secondary N) is 2. The summed E-state index contributed by atoms with van der Waals surface area (Å²) < 4.78 is 65.2. The summed E-state index contributed by atoms with van der Waals surface area (Å²) in [6.45, 7) is 3.42. The molecule has 0 saturated heterocycles. The maximum atomic E-state index is 12.3. The molecule has 47 heavy (non-hydrogen) atoms. The van der Waals surface area contributed by atoms with Gasteiger partial charge in [0.2, 0.25) is 11.8 Å². The van der Waals surface area contributed by atoms with E-state index in [-0.39, 0.29) is 25.0 Å². The molecule has 5 N–H and O–H groups in total. The maximum absolute atomic E-state index is 12.3. The predicted molar refractivity (Wildman–Crippen MR) is 176 cm³/mol. The molecule has 0 aromatic heterocycles. The quantitative estimate of drug-likeness (QED) is 0.0390. The Bertz CT molecular complexity index is 913. The van der Waals surface area contributed by atoms with Crippen molar-refractivity contribution in [1.82, 2.24) is 10.6 Å². The fourth-order valence-electron chi connectivity index (χ4n) is 3.99. The first-order chi connectivity index (χ1) is 22.3. The Labute approximate surface area is 280 Å². The van der Waals surface area contributed by atoms with Crippen molar-refractivity contribution in [3.05, 3.63) is 0 Å². The summed E-state index contributed by atoms with van der Waals surface area (Å²) in [6.07, 6.45) is 10.6. The van der Waals surface area contributed by atoms with Crippen molar-refractivity contribution in [1.29, 1.82) is 0 Å². The van der Waals surface area contributed by atoms with Gasteiger partial charge >= 0.3 is 23.5 Å². The molecule has 19 heteroatoms. The lowest BCUT2D eigenvalue weighted by Gasteiger charge is -2.22. The van der Waals surface area contributed by atoms with E-state index in [9.17, 15) is 38.0 Å². The molecule has 3 unspecified atom stereocenters. The van der Waals surface area contributed by atoms with Gasteiger partial charge in [0.25, 0.3) is 0 Å². The van der Waals surface area contributed by atoms with Gasteiger partial charge in [-0.2, -0.15) is 0 Å². The van der Waals surface area contributed by atoms with E-state index in [0.29, 0.717) is 51.6 Å². The van der Waals surface area contributed by atoms with Crippen LogP contribution in [0.5, 0.6) is 0 Å². The van der Waals surface area contributed by atoms with E-state index in [0.717, 1.165) is 71.3 Å². The molecular weight excluding hydrogens is 681 g/mol. The first-order valence-electron chi connectivity index (χ1n) is 16.6. The molecule has 0 fully saturated rings. The third-order valence-electron chi connectivity index (χ3n) is 6.67. The Morgan fingerprint density at radius 2 is 0.979 bits per heavy atom. The van der Waals surface area contributed by atoms with E-state index in [1.54, 1.807) is 0 Å². The molecule has 0 heterocycles. The number of carbonyl (C=O) groups is 2. The Kier molecular flexibility index (Phi) is 27.6. The molecule has 0 spiro atoms. The highest BCUT2D eigenvalue weighted by atomic mass is 31.2. The largest absolute Gasteiger partial charge is 0.472 e. The van der Waals surface area contributed by atoms with Crippen LogP contribution in [0, 0.1) is 0 Å². The van der Waals surface area contributed by atoms with Gasteiger partial charge in [-0.05, 0) is 38.5 Å². The van der Waals surface area contributed by atoms with Crippen molar-refractivity contribution in [3.63, 3.8) is 0 Å². The molecule has 2 amide bonds. The molecule has 0 aliphatic heterocycles. The molecule has 3 atom stereocenters. The Morgan fingerprint density at radius 1 is 0.574 bits per heavy atom. The van der Waals surface area contributed by atoms with Crippen LogP contribution in [0.1, 0.15) is 117 Å². The zero-order valence-corrected chi connectivity index (χ0v) is 31.0. The second kappa shape index (κ2) is 28.0. The minimum absolute atomic E-state index is 0.0316. The maximum Gasteiger partial charge on any atom is 0.472 e. The first kappa shape index (κ1) is 46.3. The highest BCUT2D eigenvalue weighted by Gasteiger charge is 2.32. The number of phosphoric acid groups is 3. The van der Waals surface area contributed by atoms with Crippen molar-refractivity contribution in [3.8, 4) is 0 Å². The van der Waals surface area contributed by atoms with Crippen LogP contribution in [-0.2, 0) is 50.4 Å². The third kappa shape index (κ3) is 29.9. The standard InChI is InChI=1S/C28H59N2O14P3/c1-4-6-12-18-27(31)29-20-14-8-10-16-22-40-46(35,36)42-24-26(44-45(33,34)39-3)25-43-47(37,38)41-23-17-11-9-15-21-30-28(32)19-13-7-5-2/h26H,4-25H2,1-3H3,(H,29,31)(H,30,32)(H,33,34)(H,35,36)(H,37,38). The average molecular weight is 741 g/mol. The molecule has 0 rings (SSSR count). The van der Waals surface area contributed by atoms with Crippen molar-refractivity contribution < 1.29 is 65.1 Å². The van der Waals surface area contributed by atoms with Gasteiger partial charge in [-0.25, -0.2) is 13.7 Å². The summed E-state index contributed by atoms with van der Waals surface area (Å²) in [7, 11) is -13.0. The van der Waals surface area contributed by atoms with Crippen molar-refractivity contribution >= 4 is 35.3 Å². The van der Waals surface area contributed by atoms with Crippen LogP contribution in [0.25, 0.3) is 0 Å². The van der Waals surface area contributed by atoms with Crippen LogP contribution < -0.4 is 10.6 Å². The average Bonchev–Trinajstić information content (AvgIpc) is 3.01. The zero-order chi connectivity index (χ0) is 35.4. The van der Waals surface area contributed by atoms with E-state index >= 15 is 0 Å². The number of rotatable bonds is 33. The van der Waals surface area contributed by atoms with Crippen LogP contribution in [0.4, 0.5) is 0 Å². The number of carbonyl (C=O) groups excluding carboxylic acids is 2. The van der Waals surface area contributed by atoms with E-state index in [4.69, 9.17) is 22.6 Å². The molecule has 0 aliphatic rings.